The van der Waals surface area contributed by atoms with E-state index in [0.29, 0.717) is 30.3 Å². The molecule has 7 nitrogen and oxygen atoms in total. The molecule has 0 saturated heterocycles. The summed E-state index contributed by atoms with van der Waals surface area (Å²) >= 11 is 0. The Hall–Kier alpha value is -2.28. The summed E-state index contributed by atoms with van der Waals surface area (Å²) in [6, 6.07) is 5.05. The number of rotatable bonds is 8. The van der Waals surface area contributed by atoms with Crippen LogP contribution in [0.15, 0.2) is 18.2 Å². The van der Waals surface area contributed by atoms with Crippen LogP contribution >= 0.6 is 0 Å². The molecule has 1 aromatic rings. The summed E-state index contributed by atoms with van der Waals surface area (Å²) in [6.07, 6.45) is 0. The minimum atomic E-state index is -0.293. The summed E-state index contributed by atoms with van der Waals surface area (Å²) in [5.74, 6) is 0.618. The smallest absolute Gasteiger partial charge is 0.243 e. The molecule has 122 valence electrons. The summed E-state index contributed by atoms with van der Waals surface area (Å²) in [6.45, 7) is 2.13. The molecular formula is C15H22N2O5. The fraction of sp³-hybridized carbons (Fsp3) is 0.467. The number of benzene rings is 1. The van der Waals surface area contributed by atoms with E-state index >= 15 is 0 Å². The number of carbonyl (C=O) groups excluding carboxylic acids is 2. The molecule has 0 saturated carbocycles. The van der Waals surface area contributed by atoms with Crippen molar-refractivity contribution in [3.8, 4) is 11.5 Å². The molecule has 0 aliphatic heterocycles. The standard InChI is InChI=1S/C15H22N2O5/c1-11(18)17(7-8-20-2)10-15(19)16-12-5-6-13(21-3)14(9-12)22-4/h5-6,9H,7-8,10H2,1-4H3,(H,16,19). The summed E-state index contributed by atoms with van der Waals surface area (Å²) in [7, 11) is 4.60. The van der Waals surface area contributed by atoms with E-state index in [9.17, 15) is 9.59 Å². The van der Waals surface area contributed by atoms with Gasteiger partial charge in [-0.05, 0) is 12.1 Å². The highest BCUT2D eigenvalue weighted by atomic mass is 16.5. The molecular weight excluding hydrogens is 288 g/mol. The summed E-state index contributed by atoms with van der Waals surface area (Å²) in [4.78, 5) is 24.9. The van der Waals surface area contributed by atoms with Gasteiger partial charge in [0.15, 0.2) is 11.5 Å². The molecule has 0 aliphatic rings. The predicted molar refractivity (Wildman–Crippen MR) is 82.3 cm³/mol. The minimum Gasteiger partial charge on any atom is -0.493 e. The van der Waals surface area contributed by atoms with Gasteiger partial charge >= 0.3 is 0 Å². The number of carbonyl (C=O) groups is 2. The van der Waals surface area contributed by atoms with Crippen LogP contribution < -0.4 is 14.8 Å². The highest BCUT2D eigenvalue weighted by Crippen LogP contribution is 2.29. The highest BCUT2D eigenvalue weighted by Gasteiger charge is 2.14. The Balaban J connectivity index is 2.69. The van der Waals surface area contributed by atoms with E-state index in [0.717, 1.165) is 0 Å². The maximum absolute atomic E-state index is 12.0. The second-order valence-electron chi connectivity index (χ2n) is 4.55. The lowest BCUT2D eigenvalue weighted by atomic mass is 10.2. The number of hydrogen-bond acceptors (Lipinski definition) is 5. The van der Waals surface area contributed by atoms with Gasteiger partial charge in [-0.1, -0.05) is 0 Å². The van der Waals surface area contributed by atoms with E-state index in [1.54, 1.807) is 25.3 Å². The van der Waals surface area contributed by atoms with Crippen LogP contribution in [0.1, 0.15) is 6.92 Å². The van der Waals surface area contributed by atoms with E-state index < -0.39 is 0 Å². The van der Waals surface area contributed by atoms with Crippen LogP contribution in [0, 0.1) is 0 Å². The van der Waals surface area contributed by atoms with Crippen molar-refractivity contribution < 1.29 is 23.8 Å². The van der Waals surface area contributed by atoms with Crippen LogP contribution in [0.3, 0.4) is 0 Å². The average molecular weight is 310 g/mol. The highest BCUT2D eigenvalue weighted by molar-refractivity contribution is 5.94. The number of anilines is 1. The van der Waals surface area contributed by atoms with Gasteiger partial charge in [-0.25, -0.2) is 0 Å². The lowest BCUT2D eigenvalue weighted by Gasteiger charge is -2.20. The first-order valence-electron chi connectivity index (χ1n) is 6.78. The third kappa shape index (κ3) is 5.25. The summed E-state index contributed by atoms with van der Waals surface area (Å²) < 4.78 is 15.2. The molecule has 0 aromatic heterocycles. The first-order valence-corrected chi connectivity index (χ1v) is 6.78. The first kappa shape index (κ1) is 17.8. The monoisotopic (exact) mass is 310 g/mol. The average Bonchev–Trinajstić information content (AvgIpc) is 2.50. The Morgan fingerprint density at radius 1 is 1.14 bits per heavy atom. The number of ether oxygens (including phenoxy) is 3. The first-order chi connectivity index (χ1) is 10.5. The van der Waals surface area contributed by atoms with Crippen molar-refractivity contribution in [2.75, 3.05) is 46.3 Å². The van der Waals surface area contributed by atoms with Crippen molar-refractivity contribution in [1.29, 1.82) is 0 Å². The molecule has 1 N–H and O–H groups in total. The van der Waals surface area contributed by atoms with Gasteiger partial charge in [-0.3, -0.25) is 9.59 Å². The molecule has 0 radical (unpaired) electrons. The Kier molecular flexibility index (Phi) is 7.18. The predicted octanol–water partition coefficient (Wildman–Crippen LogP) is 1.14. The number of nitrogens with one attached hydrogen (secondary N) is 1. The molecule has 0 fully saturated rings. The van der Waals surface area contributed by atoms with E-state index in [4.69, 9.17) is 14.2 Å². The zero-order valence-electron chi connectivity index (χ0n) is 13.3. The number of methoxy groups -OCH3 is 3. The molecule has 0 atom stereocenters. The zero-order chi connectivity index (χ0) is 16.5. The molecule has 0 bridgehead atoms. The van der Waals surface area contributed by atoms with Gasteiger partial charge in [0.05, 0.1) is 27.4 Å². The Bertz CT molecular complexity index is 519. The topological polar surface area (TPSA) is 77.1 Å². The molecule has 0 aliphatic carbocycles. The maximum atomic E-state index is 12.0. The van der Waals surface area contributed by atoms with Crippen molar-refractivity contribution in [2.45, 2.75) is 6.92 Å². The number of nitrogens with zero attached hydrogens (tertiary/aromatic N) is 1. The van der Waals surface area contributed by atoms with Crippen LogP contribution in [0.4, 0.5) is 5.69 Å². The number of amides is 2. The van der Waals surface area contributed by atoms with E-state index in [1.165, 1.54) is 26.0 Å². The van der Waals surface area contributed by atoms with E-state index in [-0.39, 0.29) is 18.4 Å². The van der Waals surface area contributed by atoms with Crippen LogP contribution in [-0.4, -0.2) is 57.7 Å². The van der Waals surface area contributed by atoms with Gasteiger partial charge < -0.3 is 24.4 Å². The molecule has 0 unspecified atom stereocenters. The molecule has 2 amide bonds. The second-order valence-corrected chi connectivity index (χ2v) is 4.55. The van der Waals surface area contributed by atoms with Crippen LogP contribution in [0.25, 0.3) is 0 Å². The second kappa shape index (κ2) is 8.89. The molecule has 7 heteroatoms. The maximum Gasteiger partial charge on any atom is 0.243 e. The van der Waals surface area contributed by atoms with Crippen LogP contribution in [0.2, 0.25) is 0 Å². The lowest BCUT2D eigenvalue weighted by Crippen LogP contribution is -2.38. The molecule has 1 rings (SSSR count). The van der Waals surface area contributed by atoms with Gasteiger partial charge in [0.25, 0.3) is 0 Å². The minimum absolute atomic E-state index is 0.0347. The molecule has 1 aromatic carbocycles. The summed E-state index contributed by atoms with van der Waals surface area (Å²) in [5.41, 5.74) is 0.567. The fourth-order valence-electron chi connectivity index (χ4n) is 1.84. The molecule has 22 heavy (non-hydrogen) atoms. The lowest BCUT2D eigenvalue weighted by molar-refractivity contribution is -0.133. The zero-order valence-corrected chi connectivity index (χ0v) is 13.3. The van der Waals surface area contributed by atoms with E-state index in [1.807, 2.05) is 0 Å². The fourth-order valence-corrected chi connectivity index (χ4v) is 1.84. The third-order valence-electron chi connectivity index (χ3n) is 3.01. The van der Waals surface area contributed by atoms with Gasteiger partial charge in [0, 0.05) is 32.3 Å². The van der Waals surface area contributed by atoms with Crippen molar-refractivity contribution in [1.82, 2.24) is 4.90 Å². The number of hydrogen-bond donors (Lipinski definition) is 1. The Labute approximate surface area is 130 Å². The van der Waals surface area contributed by atoms with Gasteiger partial charge in [0.1, 0.15) is 0 Å². The summed E-state index contributed by atoms with van der Waals surface area (Å²) in [5, 5.41) is 2.72. The van der Waals surface area contributed by atoms with E-state index in [2.05, 4.69) is 5.32 Å². The Morgan fingerprint density at radius 3 is 2.36 bits per heavy atom. The SMILES string of the molecule is COCCN(CC(=O)Nc1ccc(OC)c(OC)c1)C(C)=O. The van der Waals surface area contributed by atoms with Crippen molar-refractivity contribution in [3.63, 3.8) is 0 Å². The van der Waals surface area contributed by atoms with Gasteiger partial charge in [0.2, 0.25) is 11.8 Å². The van der Waals surface area contributed by atoms with Crippen molar-refractivity contribution >= 4 is 17.5 Å². The molecule has 0 spiro atoms. The van der Waals surface area contributed by atoms with Crippen LogP contribution in [0.5, 0.6) is 11.5 Å². The van der Waals surface area contributed by atoms with Gasteiger partial charge in [-0.15, -0.1) is 0 Å². The normalized spacial score (nSPS) is 10.0. The van der Waals surface area contributed by atoms with Crippen molar-refractivity contribution in [3.05, 3.63) is 18.2 Å². The Morgan fingerprint density at radius 2 is 1.82 bits per heavy atom. The quantitative estimate of drug-likeness (QED) is 0.779. The third-order valence-corrected chi connectivity index (χ3v) is 3.01. The molecule has 0 heterocycles. The van der Waals surface area contributed by atoms with Crippen molar-refractivity contribution in [2.24, 2.45) is 0 Å². The largest absolute Gasteiger partial charge is 0.493 e. The van der Waals surface area contributed by atoms with Crippen LogP contribution in [-0.2, 0) is 14.3 Å². The van der Waals surface area contributed by atoms with Gasteiger partial charge in [-0.2, -0.15) is 0 Å².